The Morgan fingerprint density at radius 2 is 0.791 bits per heavy atom. The molecule has 0 unspecified atom stereocenters. The maximum Gasteiger partial charge on any atom is 0.252 e. The first kappa shape index (κ1) is 37.5. The van der Waals surface area contributed by atoms with E-state index in [9.17, 15) is 0 Å². The summed E-state index contributed by atoms with van der Waals surface area (Å²) in [4.78, 5) is 5.21. The molecule has 0 saturated carbocycles. The van der Waals surface area contributed by atoms with Gasteiger partial charge in [0.2, 0.25) is 0 Å². The number of hydrogen-bond donors (Lipinski definition) is 0. The van der Waals surface area contributed by atoms with Gasteiger partial charge < -0.3 is 18.6 Å². The lowest BCUT2D eigenvalue weighted by Crippen LogP contribution is -2.61. The summed E-state index contributed by atoms with van der Waals surface area (Å²) in [5.74, 6) is 0. The minimum atomic E-state index is -0.0876. The van der Waals surface area contributed by atoms with Crippen molar-refractivity contribution in [1.29, 1.82) is 0 Å². The Bertz CT molecular complexity index is 3600. The molecular weight excluding hydrogens is 816 g/mol. The lowest BCUT2D eigenvalue weighted by Gasteiger charge is -2.45. The molecule has 2 aromatic heterocycles. The number of anilines is 6. The molecule has 2 aliphatic heterocycles. The Hall–Kier alpha value is -7.76. The molecule has 0 saturated heterocycles. The van der Waals surface area contributed by atoms with Crippen molar-refractivity contribution < 1.29 is 8.83 Å². The van der Waals surface area contributed by atoms with Gasteiger partial charge in [-0.1, -0.05) is 127 Å². The number of rotatable bonds is 4. The topological polar surface area (TPSA) is 32.8 Å². The molecule has 9 aromatic carbocycles. The standard InChI is InChI=1S/C62H45BN2O2/c1-3-18-40(19-4-1)60-42-22-9-7-16-38(42)30-32-50(60)64-52-26-15-27-53-62(52)63(48-34-46-44-24-11-13-28-56(44)66-58(46)36-54(48)64)49-35-47-45-25-12-14-29-57(45)67-59(47)37-55(49)65(53)51-33-31-39-17-8-10-23-43(39)61(51)41-20-5-2-6-21-41/h1-6,11-15,18-21,24-37H,7-10,16-17,22-23H2. The molecule has 318 valence electrons. The fourth-order valence-corrected chi connectivity index (χ4v) is 12.7. The summed E-state index contributed by atoms with van der Waals surface area (Å²) in [6, 6.07) is 65.8. The molecule has 0 amide bonds. The third-order valence-corrected chi connectivity index (χ3v) is 15.6. The van der Waals surface area contributed by atoms with Gasteiger partial charge in [0.15, 0.2) is 0 Å². The summed E-state index contributed by atoms with van der Waals surface area (Å²) in [5, 5.41) is 4.56. The van der Waals surface area contributed by atoms with Crippen molar-refractivity contribution in [2.75, 3.05) is 9.80 Å². The molecule has 2 aliphatic carbocycles. The first-order valence-corrected chi connectivity index (χ1v) is 24.3. The molecule has 67 heavy (non-hydrogen) atoms. The second-order valence-corrected chi connectivity index (χ2v) is 19.2. The van der Waals surface area contributed by atoms with E-state index >= 15 is 0 Å². The predicted octanol–water partition coefficient (Wildman–Crippen LogP) is 14.7. The van der Waals surface area contributed by atoms with Crippen LogP contribution in [0.25, 0.3) is 66.1 Å². The van der Waals surface area contributed by atoms with Crippen molar-refractivity contribution in [2.24, 2.45) is 0 Å². The Morgan fingerprint density at radius 1 is 0.343 bits per heavy atom. The first-order chi connectivity index (χ1) is 33.2. The van der Waals surface area contributed by atoms with E-state index in [2.05, 4.69) is 186 Å². The van der Waals surface area contributed by atoms with E-state index in [0.717, 1.165) is 80.9 Å². The molecule has 0 fully saturated rings. The minimum Gasteiger partial charge on any atom is -0.456 e. The van der Waals surface area contributed by atoms with Crippen LogP contribution in [-0.4, -0.2) is 6.71 Å². The molecule has 5 heteroatoms. The van der Waals surface area contributed by atoms with Crippen molar-refractivity contribution in [1.82, 2.24) is 0 Å². The second kappa shape index (κ2) is 14.4. The normalized spacial score (nSPS) is 14.9. The Balaban J connectivity index is 1.09. The van der Waals surface area contributed by atoms with Gasteiger partial charge >= 0.3 is 0 Å². The highest BCUT2D eigenvalue weighted by Gasteiger charge is 2.45. The zero-order chi connectivity index (χ0) is 43.7. The van der Waals surface area contributed by atoms with Crippen LogP contribution in [0.5, 0.6) is 0 Å². The summed E-state index contributed by atoms with van der Waals surface area (Å²) < 4.78 is 13.6. The van der Waals surface area contributed by atoms with Crippen molar-refractivity contribution in [3.8, 4) is 22.3 Å². The molecule has 4 heterocycles. The molecule has 0 N–H and O–H groups in total. The summed E-state index contributed by atoms with van der Waals surface area (Å²) in [7, 11) is 0. The van der Waals surface area contributed by atoms with E-state index in [-0.39, 0.29) is 6.71 Å². The van der Waals surface area contributed by atoms with Crippen LogP contribution in [0.1, 0.15) is 47.9 Å². The zero-order valence-electron chi connectivity index (χ0n) is 37.2. The fraction of sp³-hybridized carbons (Fsp3) is 0.129. The van der Waals surface area contributed by atoms with E-state index in [1.807, 2.05) is 0 Å². The van der Waals surface area contributed by atoms with Gasteiger partial charge in [-0.2, -0.15) is 0 Å². The molecular formula is C62H45BN2O2. The Kier molecular flexibility index (Phi) is 8.04. The zero-order valence-corrected chi connectivity index (χ0v) is 37.2. The van der Waals surface area contributed by atoms with Gasteiger partial charge in [-0.25, -0.2) is 0 Å². The summed E-state index contributed by atoms with van der Waals surface area (Å²) >= 11 is 0. The average Bonchev–Trinajstić information content (AvgIpc) is 3.94. The maximum atomic E-state index is 6.80. The minimum absolute atomic E-state index is 0.0876. The van der Waals surface area contributed by atoms with Crippen LogP contribution in [0.3, 0.4) is 0 Å². The van der Waals surface area contributed by atoms with E-state index in [4.69, 9.17) is 8.83 Å². The Labute approximate surface area is 389 Å². The first-order valence-electron chi connectivity index (χ1n) is 24.3. The number of hydrogen-bond acceptors (Lipinski definition) is 4. The number of fused-ring (bicyclic) bond motifs is 12. The van der Waals surface area contributed by atoms with Crippen LogP contribution in [0.4, 0.5) is 34.1 Å². The number of nitrogens with zero attached hydrogens (tertiary/aromatic N) is 2. The number of benzene rings is 9. The molecule has 15 rings (SSSR count). The van der Waals surface area contributed by atoms with Crippen molar-refractivity contribution in [3.63, 3.8) is 0 Å². The number of para-hydroxylation sites is 2. The van der Waals surface area contributed by atoms with E-state index in [1.165, 1.54) is 109 Å². The highest BCUT2D eigenvalue weighted by atomic mass is 16.3. The predicted molar refractivity (Wildman–Crippen MR) is 279 cm³/mol. The van der Waals surface area contributed by atoms with Gasteiger partial charge in [-0.15, -0.1) is 0 Å². The van der Waals surface area contributed by atoms with E-state index < -0.39 is 0 Å². The van der Waals surface area contributed by atoms with Gasteiger partial charge in [-0.05, 0) is 138 Å². The lowest BCUT2D eigenvalue weighted by atomic mass is 9.33. The summed E-state index contributed by atoms with van der Waals surface area (Å²) in [5.41, 5.74) is 25.7. The summed E-state index contributed by atoms with van der Waals surface area (Å²) in [6.07, 6.45) is 9.22. The molecule has 0 atom stereocenters. The quantitative estimate of drug-likeness (QED) is 0.165. The highest BCUT2D eigenvalue weighted by Crippen LogP contribution is 2.52. The van der Waals surface area contributed by atoms with Crippen molar-refractivity contribution in [2.45, 2.75) is 51.4 Å². The lowest BCUT2D eigenvalue weighted by molar-refractivity contribution is 0.668. The molecule has 4 aliphatic rings. The third kappa shape index (κ3) is 5.43. The van der Waals surface area contributed by atoms with Crippen LogP contribution < -0.4 is 26.2 Å². The van der Waals surface area contributed by atoms with E-state index in [0.29, 0.717) is 0 Å². The van der Waals surface area contributed by atoms with Gasteiger partial charge in [0, 0.05) is 67.6 Å². The third-order valence-electron chi connectivity index (χ3n) is 15.6. The maximum absolute atomic E-state index is 6.80. The molecule has 0 radical (unpaired) electrons. The van der Waals surface area contributed by atoms with Crippen LogP contribution in [-0.2, 0) is 25.7 Å². The number of aryl methyl sites for hydroxylation is 2. The average molecular weight is 861 g/mol. The van der Waals surface area contributed by atoms with Crippen LogP contribution in [0.2, 0.25) is 0 Å². The largest absolute Gasteiger partial charge is 0.456 e. The van der Waals surface area contributed by atoms with E-state index in [1.54, 1.807) is 0 Å². The van der Waals surface area contributed by atoms with Crippen molar-refractivity contribution in [3.05, 3.63) is 198 Å². The fourth-order valence-electron chi connectivity index (χ4n) is 12.7. The molecule has 0 bridgehead atoms. The highest BCUT2D eigenvalue weighted by molar-refractivity contribution is 7.00. The monoisotopic (exact) mass is 860 g/mol. The van der Waals surface area contributed by atoms with Crippen LogP contribution >= 0.6 is 0 Å². The second-order valence-electron chi connectivity index (χ2n) is 19.2. The van der Waals surface area contributed by atoms with Gasteiger partial charge in [0.25, 0.3) is 6.71 Å². The van der Waals surface area contributed by atoms with Crippen LogP contribution in [0.15, 0.2) is 185 Å². The molecule has 11 aromatic rings. The van der Waals surface area contributed by atoms with Crippen molar-refractivity contribution >= 4 is 101 Å². The smallest absolute Gasteiger partial charge is 0.252 e. The van der Waals surface area contributed by atoms with Crippen LogP contribution in [0, 0.1) is 0 Å². The molecule has 4 nitrogen and oxygen atoms in total. The van der Waals surface area contributed by atoms with Gasteiger partial charge in [-0.3, -0.25) is 0 Å². The van der Waals surface area contributed by atoms with Gasteiger partial charge in [0.05, 0.1) is 11.4 Å². The van der Waals surface area contributed by atoms with Gasteiger partial charge in [0.1, 0.15) is 22.3 Å². The molecule has 0 spiro atoms. The number of furan rings is 2. The summed E-state index contributed by atoms with van der Waals surface area (Å²) in [6.45, 7) is -0.0876. The SMILES string of the molecule is c1ccc(-c2c(N3c4cc5oc6ccccc6c5cc4B4c5cc6c(cc5N(c5ccc7c(c5-c5ccccc5)CCCC7)c5cccc3c54)oc3ccccc36)ccc3c2CCCC3)cc1. The Morgan fingerprint density at radius 3 is 1.28 bits per heavy atom.